The summed E-state index contributed by atoms with van der Waals surface area (Å²) in [4.78, 5) is 11.5. The summed E-state index contributed by atoms with van der Waals surface area (Å²) in [7, 11) is 0. The van der Waals surface area contributed by atoms with Crippen LogP contribution in [-0.4, -0.2) is 29.5 Å². The van der Waals surface area contributed by atoms with Gasteiger partial charge in [-0.1, -0.05) is 13.8 Å². The Kier molecular flexibility index (Phi) is 6.70. The second kappa shape index (κ2) is 7.23. The van der Waals surface area contributed by atoms with Gasteiger partial charge >= 0.3 is 0 Å². The van der Waals surface area contributed by atoms with Gasteiger partial charge in [-0.05, 0) is 19.3 Å². The van der Waals surface area contributed by atoms with Crippen LogP contribution in [0.4, 0.5) is 0 Å². The summed E-state index contributed by atoms with van der Waals surface area (Å²) in [5.74, 6) is -0.265. The van der Waals surface area contributed by atoms with E-state index in [4.69, 9.17) is 11.1 Å². The van der Waals surface area contributed by atoms with E-state index in [-0.39, 0.29) is 17.7 Å². The highest BCUT2D eigenvalue weighted by Gasteiger charge is 2.19. The Hall–Kier alpha value is -1.10. The van der Waals surface area contributed by atoms with Crippen molar-refractivity contribution in [2.24, 2.45) is 11.7 Å². The molecule has 0 saturated heterocycles. The lowest BCUT2D eigenvalue weighted by molar-refractivity contribution is -0.131. The molecule has 0 radical (unpaired) electrons. The number of carbonyl (C=O) groups is 1. The molecule has 0 heterocycles. The molecule has 0 fully saturated rings. The number of aliphatic hydroxyl groups is 1. The van der Waals surface area contributed by atoms with Crippen molar-refractivity contribution in [1.82, 2.24) is 5.32 Å². The number of aliphatic hydroxyl groups excluding tert-OH is 1. The molecule has 2 unspecified atom stereocenters. The maximum Gasteiger partial charge on any atom is 0.185 e. The van der Waals surface area contributed by atoms with Gasteiger partial charge in [0, 0.05) is 12.5 Å². The Morgan fingerprint density at radius 2 is 2.20 bits per heavy atom. The molecule has 5 N–H and O–H groups in total. The van der Waals surface area contributed by atoms with Gasteiger partial charge in [0.25, 0.3) is 0 Å². The Bertz CT molecular complexity index is 219. The number of hydrogen-bond donors (Lipinski definition) is 4. The number of hydrogen-bond acceptors (Lipinski definition) is 3. The van der Waals surface area contributed by atoms with E-state index in [1.807, 2.05) is 13.8 Å². The van der Waals surface area contributed by atoms with Crippen molar-refractivity contribution < 1.29 is 9.90 Å². The number of nitrogens with two attached hydrogens (primary N) is 1. The van der Waals surface area contributed by atoms with Gasteiger partial charge in [0.05, 0.1) is 0 Å². The summed E-state index contributed by atoms with van der Waals surface area (Å²) < 4.78 is 0. The van der Waals surface area contributed by atoms with Crippen LogP contribution in [0.25, 0.3) is 0 Å². The Labute approximate surface area is 90.6 Å². The minimum atomic E-state index is -0.881. The van der Waals surface area contributed by atoms with Crippen LogP contribution in [0.5, 0.6) is 0 Å². The predicted molar refractivity (Wildman–Crippen MR) is 59.6 cm³/mol. The van der Waals surface area contributed by atoms with E-state index in [1.165, 1.54) is 0 Å². The number of rotatable bonds is 7. The van der Waals surface area contributed by atoms with Crippen molar-refractivity contribution in [3.8, 4) is 0 Å². The fourth-order valence-corrected chi connectivity index (χ4v) is 1.19. The Morgan fingerprint density at radius 1 is 1.60 bits per heavy atom. The van der Waals surface area contributed by atoms with Crippen LogP contribution in [0.15, 0.2) is 0 Å². The summed E-state index contributed by atoms with van der Waals surface area (Å²) >= 11 is 0. The Morgan fingerprint density at radius 3 is 2.67 bits per heavy atom. The maximum absolute atomic E-state index is 11.5. The van der Waals surface area contributed by atoms with Crippen LogP contribution >= 0.6 is 0 Å². The van der Waals surface area contributed by atoms with Crippen molar-refractivity contribution in [3.05, 3.63) is 0 Å². The number of ketones is 1. The molecular formula is C10H21N3O2. The third-order valence-corrected chi connectivity index (χ3v) is 2.40. The van der Waals surface area contributed by atoms with Gasteiger partial charge in [0.1, 0.15) is 6.10 Å². The molecule has 0 bridgehead atoms. The fraction of sp³-hybridized carbons (Fsp3) is 0.800. The molecule has 0 amide bonds. The summed E-state index contributed by atoms with van der Waals surface area (Å²) in [5, 5.41) is 19.0. The summed E-state index contributed by atoms with van der Waals surface area (Å²) in [6.07, 6.45) is 0.919. The highest BCUT2D eigenvalue weighted by Crippen LogP contribution is 2.09. The van der Waals surface area contributed by atoms with Crippen LogP contribution < -0.4 is 11.1 Å². The average molecular weight is 215 g/mol. The monoisotopic (exact) mass is 215 g/mol. The summed E-state index contributed by atoms with van der Waals surface area (Å²) in [5.41, 5.74) is 5.08. The lowest BCUT2D eigenvalue weighted by Crippen LogP contribution is -2.32. The molecule has 0 aliphatic rings. The first-order valence-corrected chi connectivity index (χ1v) is 5.28. The van der Waals surface area contributed by atoms with Gasteiger partial charge in [-0.2, -0.15) is 0 Å². The fourth-order valence-electron chi connectivity index (χ4n) is 1.19. The van der Waals surface area contributed by atoms with Gasteiger partial charge in [-0.3, -0.25) is 10.2 Å². The Balaban J connectivity index is 3.69. The van der Waals surface area contributed by atoms with Crippen molar-refractivity contribution in [2.75, 3.05) is 6.54 Å². The smallest absolute Gasteiger partial charge is 0.185 e. The van der Waals surface area contributed by atoms with Gasteiger partial charge in [0.2, 0.25) is 0 Å². The minimum Gasteiger partial charge on any atom is -0.385 e. The molecule has 0 aromatic heterocycles. The zero-order valence-corrected chi connectivity index (χ0v) is 9.42. The van der Waals surface area contributed by atoms with Gasteiger partial charge < -0.3 is 16.2 Å². The van der Waals surface area contributed by atoms with Crippen LogP contribution in [0.2, 0.25) is 0 Å². The first-order valence-electron chi connectivity index (χ1n) is 5.28. The normalized spacial score (nSPS) is 14.3. The van der Waals surface area contributed by atoms with E-state index in [9.17, 15) is 9.90 Å². The lowest BCUT2D eigenvalue weighted by Gasteiger charge is -2.13. The molecule has 0 aromatic carbocycles. The molecule has 0 aliphatic heterocycles. The molecule has 88 valence electrons. The van der Waals surface area contributed by atoms with Crippen LogP contribution in [-0.2, 0) is 4.79 Å². The second-order valence-electron chi connectivity index (χ2n) is 3.71. The van der Waals surface area contributed by atoms with E-state index < -0.39 is 6.10 Å². The molecule has 0 aromatic rings. The van der Waals surface area contributed by atoms with Crippen LogP contribution in [0, 0.1) is 11.3 Å². The molecule has 5 nitrogen and oxygen atoms in total. The van der Waals surface area contributed by atoms with Crippen molar-refractivity contribution >= 4 is 11.7 Å². The lowest BCUT2D eigenvalue weighted by atomic mass is 9.97. The largest absolute Gasteiger partial charge is 0.385 e. The van der Waals surface area contributed by atoms with Crippen molar-refractivity contribution in [1.29, 1.82) is 5.41 Å². The zero-order chi connectivity index (χ0) is 11.8. The molecule has 0 spiro atoms. The highest BCUT2D eigenvalue weighted by molar-refractivity contribution is 5.84. The number of carbonyl (C=O) groups excluding carboxylic acids is 1. The van der Waals surface area contributed by atoms with E-state index in [2.05, 4.69) is 5.32 Å². The first kappa shape index (κ1) is 13.9. The maximum atomic E-state index is 11.5. The van der Waals surface area contributed by atoms with Crippen LogP contribution in [0.3, 0.4) is 0 Å². The van der Waals surface area contributed by atoms with Crippen molar-refractivity contribution in [3.63, 3.8) is 0 Å². The second-order valence-corrected chi connectivity index (χ2v) is 3.71. The topological polar surface area (TPSA) is 99.2 Å². The predicted octanol–water partition coefficient (Wildman–Crippen LogP) is 0.226. The molecular weight excluding hydrogens is 194 g/mol. The van der Waals surface area contributed by atoms with E-state index in [0.29, 0.717) is 19.4 Å². The molecule has 0 saturated carbocycles. The average Bonchev–Trinajstić information content (AvgIpc) is 2.21. The SMILES string of the molecule is CCC(C)C(=O)C(O)CCCNC(=N)N. The molecule has 15 heavy (non-hydrogen) atoms. The molecule has 5 heteroatoms. The van der Waals surface area contributed by atoms with Crippen molar-refractivity contribution in [2.45, 2.75) is 39.2 Å². The minimum absolute atomic E-state index is 0.0826. The van der Waals surface area contributed by atoms with Gasteiger partial charge in [-0.15, -0.1) is 0 Å². The van der Waals surface area contributed by atoms with Crippen LogP contribution in [0.1, 0.15) is 33.1 Å². The molecule has 0 aliphatic carbocycles. The number of guanidine groups is 1. The molecule has 2 atom stereocenters. The number of Topliss-reactive ketones (excluding diaryl/α,β-unsaturated/α-hetero) is 1. The van der Waals surface area contributed by atoms with Gasteiger partial charge in [-0.25, -0.2) is 0 Å². The third-order valence-electron chi connectivity index (χ3n) is 2.40. The summed E-state index contributed by atoms with van der Waals surface area (Å²) in [6.45, 7) is 4.26. The van der Waals surface area contributed by atoms with Gasteiger partial charge in [0.15, 0.2) is 11.7 Å². The standard InChI is InChI=1S/C10H21N3O2/c1-3-7(2)9(15)8(14)5-4-6-13-10(11)12/h7-8,14H,3-6H2,1-2H3,(H4,11,12,13). The zero-order valence-electron chi connectivity index (χ0n) is 9.42. The summed E-state index contributed by atoms with van der Waals surface area (Å²) in [6, 6.07) is 0. The quantitative estimate of drug-likeness (QED) is 0.277. The highest BCUT2D eigenvalue weighted by atomic mass is 16.3. The van der Waals surface area contributed by atoms with E-state index in [1.54, 1.807) is 0 Å². The molecule has 0 rings (SSSR count). The number of nitrogens with one attached hydrogen (secondary N) is 2. The first-order chi connectivity index (χ1) is 6.99. The van der Waals surface area contributed by atoms with E-state index >= 15 is 0 Å². The third kappa shape index (κ3) is 6.06. The van der Waals surface area contributed by atoms with E-state index in [0.717, 1.165) is 6.42 Å².